The van der Waals surface area contributed by atoms with Crippen molar-refractivity contribution in [1.29, 1.82) is 0 Å². The third-order valence-corrected chi connectivity index (χ3v) is 4.40. The molecule has 1 unspecified atom stereocenters. The summed E-state index contributed by atoms with van der Waals surface area (Å²) in [6.45, 7) is 6.24. The maximum absolute atomic E-state index is 11.4. The lowest BCUT2D eigenvalue weighted by atomic mass is 9.76. The number of nitrogens with zero attached hydrogens (tertiary/aromatic N) is 1. The standard InChI is InChI=1S/C16H19N3O3S/c1-16(2,3)12(15-18-11(8-23-15)13(17)20)9-4-6-10(7-5-9)14(21)19-22/h4-8,12,22H,1-3H3,(H2,17,20)(H,19,21). The van der Waals surface area contributed by atoms with Gasteiger partial charge in [-0.2, -0.15) is 0 Å². The normalized spacial score (nSPS) is 12.7. The Morgan fingerprint density at radius 3 is 2.30 bits per heavy atom. The summed E-state index contributed by atoms with van der Waals surface area (Å²) in [4.78, 5) is 27.0. The van der Waals surface area contributed by atoms with Gasteiger partial charge in [-0.15, -0.1) is 11.3 Å². The molecule has 122 valence electrons. The van der Waals surface area contributed by atoms with E-state index in [1.165, 1.54) is 11.3 Å². The third-order valence-electron chi connectivity index (χ3n) is 3.50. The summed E-state index contributed by atoms with van der Waals surface area (Å²) in [5.41, 5.74) is 8.33. The first-order chi connectivity index (χ1) is 10.7. The Morgan fingerprint density at radius 2 is 1.87 bits per heavy atom. The van der Waals surface area contributed by atoms with E-state index in [9.17, 15) is 9.59 Å². The summed E-state index contributed by atoms with van der Waals surface area (Å²) in [5, 5.41) is 11.1. The number of aromatic nitrogens is 1. The monoisotopic (exact) mass is 333 g/mol. The zero-order valence-corrected chi connectivity index (χ0v) is 14.0. The minimum Gasteiger partial charge on any atom is -0.364 e. The van der Waals surface area contributed by atoms with Crippen LogP contribution in [0.15, 0.2) is 29.6 Å². The summed E-state index contributed by atoms with van der Waals surface area (Å²) in [5.74, 6) is -1.16. The van der Waals surface area contributed by atoms with Crippen LogP contribution in [0.25, 0.3) is 0 Å². The minimum atomic E-state index is -0.561. The van der Waals surface area contributed by atoms with Gasteiger partial charge in [0.2, 0.25) is 0 Å². The number of amides is 2. The summed E-state index contributed by atoms with van der Waals surface area (Å²) in [6.07, 6.45) is 0. The molecule has 7 heteroatoms. The smallest absolute Gasteiger partial charge is 0.274 e. The number of hydroxylamine groups is 1. The molecule has 6 nitrogen and oxygen atoms in total. The summed E-state index contributed by atoms with van der Waals surface area (Å²) < 4.78 is 0. The van der Waals surface area contributed by atoms with Crippen LogP contribution in [-0.4, -0.2) is 22.0 Å². The van der Waals surface area contributed by atoms with Crippen LogP contribution in [0.1, 0.15) is 58.1 Å². The number of hydrogen-bond donors (Lipinski definition) is 3. The van der Waals surface area contributed by atoms with E-state index < -0.39 is 11.8 Å². The second kappa shape index (κ2) is 6.47. The number of nitrogens with two attached hydrogens (primary N) is 1. The number of hydrogen-bond acceptors (Lipinski definition) is 5. The third kappa shape index (κ3) is 3.75. The lowest BCUT2D eigenvalue weighted by Gasteiger charge is -2.29. The minimum absolute atomic E-state index is 0.0492. The molecular weight excluding hydrogens is 314 g/mol. The Hall–Kier alpha value is -2.25. The Bertz CT molecular complexity index is 717. The van der Waals surface area contributed by atoms with Crippen LogP contribution in [-0.2, 0) is 0 Å². The van der Waals surface area contributed by atoms with E-state index >= 15 is 0 Å². The van der Waals surface area contributed by atoms with Gasteiger partial charge in [-0.3, -0.25) is 14.8 Å². The van der Waals surface area contributed by atoms with Crippen LogP contribution >= 0.6 is 11.3 Å². The topological polar surface area (TPSA) is 105 Å². The van der Waals surface area contributed by atoms with E-state index in [2.05, 4.69) is 25.8 Å². The number of benzene rings is 1. The number of carbonyl (C=O) groups is 2. The van der Waals surface area contributed by atoms with Crippen LogP contribution in [0.4, 0.5) is 0 Å². The molecule has 0 saturated carbocycles. The number of thiazole rings is 1. The van der Waals surface area contributed by atoms with Gasteiger partial charge in [0.15, 0.2) is 0 Å². The van der Waals surface area contributed by atoms with E-state index in [4.69, 9.17) is 10.9 Å². The number of primary amides is 1. The average molecular weight is 333 g/mol. The lowest BCUT2D eigenvalue weighted by Crippen LogP contribution is -2.21. The van der Waals surface area contributed by atoms with Crippen molar-refractivity contribution < 1.29 is 14.8 Å². The Kier molecular flexibility index (Phi) is 4.82. The molecule has 0 radical (unpaired) electrons. The van der Waals surface area contributed by atoms with Gasteiger partial charge in [-0.25, -0.2) is 10.5 Å². The molecule has 2 rings (SSSR count). The van der Waals surface area contributed by atoms with Gasteiger partial charge < -0.3 is 5.73 Å². The van der Waals surface area contributed by atoms with Gasteiger partial charge in [0.25, 0.3) is 11.8 Å². The van der Waals surface area contributed by atoms with Crippen molar-refractivity contribution in [3.8, 4) is 0 Å². The number of rotatable bonds is 4. The first-order valence-electron chi connectivity index (χ1n) is 7.03. The zero-order chi connectivity index (χ0) is 17.2. The van der Waals surface area contributed by atoms with E-state index in [0.29, 0.717) is 5.56 Å². The average Bonchev–Trinajstić information content (AvgIpc) is 2.95. The van der Waals surface area contributed by atoms with Gasteiger partial charge in [0, 0.05) is 16.9 Å². The van der Waals surface area contributed by atoms with Gasteiger partial charge in [-0.1, -0.05) is 32.9 Å². The number of carbonyl (C=O) groups excluding carboxylic acids is 2. The molecule has 0 saturated heterocycles. The van der Waals surface area contributed by atoms with Crippen molar-refractivity contribution >= 4 is 23.2 Å². The molecule has 0 bridgehead atoms. The van der Waals surface area contributed by atoms with Crippen LogP contribution in [0.5, 0.6) is 0 Å². The van der Waals surface area contributed by atoms with Gasteiger partial charge in [-0.05, 0) is 23.1 Å². The molecule has 4 N–H and O–H groups in total. The molecule has 1 aromatic heterocycles. The van der Waals surface area contributed by atoms with Crippen molar-refractivity contribution in [2.24, 2.45) is 11.1 Å². The van der Waals surface area contributed by atoms with Gasteiger partial charge >= 0.3 is 0 Å². The van der Waals surface area contributed by atoms with Crippen LogP contribution in [0.2, 0.25) is 0 Å². The van der Waals surface area contributed by atoms with E-state index in [0.717, 1.165) is 10.6 Å². The van der Waals surface area contributed by atoms with Crippen LogP contribution in [0, 0.1) is 5.41 Å². The van der Waals surface area contributed by atoms with Crippen LogP contribution in [0.3, 0.4) is 0 Å². The zero-order valence-electron chi connectivity index (χ0n) is 13.2. The molecule has 0 aliphatic rings. The summed E-state index contributed by atoms with van der Waals surface area (Å²) in [7, 11) is 0. The van der Waals surface area contributed by atoms with Crippen molar-refractivity contribution in [1.82, 2.24) is 10.5 Å². The highest BCUT2D eigenvalue weighted by Crippen LogP contribution is 2.41. The van der Waals surface area contributed by atoms with E-state index in [1.807, 2.05) is 12.1 Å². The SMILES string of the molecule is CC(C)(C)C(c1ccc(C(=O)NO)cc1)c1nc(C(N)=O)cs1. The second-order valence-corrected chi connectivity index (χ2v) is 7.19. The van der Waals surface area contributed by atoms with Gasteiger partial charge in [0.1, 0.15) is 10.7 Å². The molecule has 1 atom stereocenters. The maximum Gasteiger partial charge on any atom is 0.274 e. The van der Waals surface area contributed by atoms with Crippen molar-refractivity contribution in [2.75, 3.05) is 0 Å². The lowest BCUT2D eigenvalue weighted by molar-refractivity contribution is 0.0706. The molecule has 2 amide bonds. The molecule has 1 aromatic carbocycles. The molecule has 0 fully saturated rings. The Labute approximate surface area is 138 Å². The molecule has 1 heterocycles. The van der Waals surface area contributed by atoms with E-state index in [1.54, 1.807) is 23.0 Å². The molecule has 0 spiro atoms. The summed E-state index contributed by atoms with van der Waals surface area (Å²) >= 11 is 1.39. The largest absolute Gasteiger partial charge is 0.364 e. The fourth-order valence-corrected chi connectivity index (χ4v) is 3.62. The van der Waals surface area contributed by atoms with Gasteiger partial charge in [0.05, 0.1) is 0 Å². The van der Waals surface area contributed by atoms with E-state index in [-0.39, 0.29) is 17.0 Å². The number of nitrogens with one attached hydrogen (secondary N) is 1. The molecule has 0 aliphatic carbocycles. The highest BCUT2D eigenvalue weighted by molar-refractivity contribution is 7.10. The fourth-order valence-electron chi connectivity index (χ4n) is 2.44. The van der Waals surface area contributed by atoms with Crippen LogP contribution < -0.4 is 11.2 Å². The molecular formula is C16H19N3O3S. The van der Waals surface area contributed by atoms with Crippen molar-refractivity contribution in [3.63, 3.8) is 0 Å². The van der Waals surface area contributed by atoms with Crippen molar-refractivity contribution in [2.45, 2.75) is 26.7 Å². The highest BCUT2D eigenvalue weighted by atomic mass is 32.1. The molecule has 0 aliphatic heterocycles. The predicted molar refractivity (Wildman–Crippen MR) is 87.6 cm³/mol. The summed E-state index contributed by atoms with van der Waals surface area (Å²) in [6, 6.07) is 6.93. The first kappa shape index (κ1) is 17.1. The highest BCUT2D eigenvalue weighted by Gasteiger charge is 2.31. The Morgan fingerprint density at radius 1 is 1.26 bits per heavy atom. The second-order valence-electron chi connectivity index (χ2n) is 6.30. The molecule has 23 heavy (non-hydrogen) atoms. The Balaban J connectivity index is 2.43. The van der Waals surface area contributed by atoms with Crippen molar-refractivity contribution in [3.05, 3.63) is 51.5 Å². The maximum atomic E-state index is 11.4. The molecule has 2 aromatic rings. The fraction of sp³-hybridized carbons (Fsp3) is 0.312. The predicted octanol–water partition coefficient (Wildman–Crippen LogP) is 2.54. The quantitative estimate of drug-likeness (QED) is 0.590. The first-order valence-corrected chi connectivity index (χ1v) is 7.91.